The number of carbonyl (C=O) groups excluding carboxylic acids is 3. The topological polar surface area (TPSA) is 90.5 Å². The zero-order chi connectivity index (χ0) is 28.2. The lowest BCUT2D eigenvalue weighted by Gasteiger charge is -2.28. The predicted octanol–water partition coefficient (Wildman–Crippen LogP) is 5.53. The van der Waals surface area contributed by atoms with E-state index in [0.29, 0.717) is 17.8 Å². The first-order valence-corrected chi connectivity index (χ1v) is 13.5. The van der Waals surface area contributed by atoms with Gasteiger partial charge in [-0.3, -0.25) is 9.59 Å². The number of hydrogen-bond donors (Lipinski definition) is 3. The average molecular weight is 527 g/mol. The Morgan fingerprint density at radius 2 is 1.69 bits per heavy atom. The first-order valence-electron chi connectivity index (χ1n) is 13.5. The molecule has 4 amide bonds. The Kier molecular flexibility index (Phi) is 8.38. The fourth-order valence-corrected chi connectivity index (χ4v) is 4.99. The lowest BCUT2D eigenvalue weighted by Crippen LogP contribution is -2.53. The minimum absolute atomic E-state index is 0.147. The van der Waals surface area contributed by atoms with Crippen molar-refractivity contribution in [2.75, 3.05) is 16.8 Å². The van der Waals surface area contributed by atoms with Crippen molar-refractivity contribution in [1.82, 2.24) is 10.6 Å². The van der Waals surface area contributed by atoms with E-state index in [1.165, 1.54) is 4.90 Å². The summed E-state index contributed by atoms with van der Waals surface area (Å²) in [6, 6.07) is 22.2. The number of aryl methyl sites for hydroxylation is 2. The van der Waals surface area contributed by atoms with Gasteiger partial charge in [0.25, 0.3) is 0 Å². The number of fused-ring (bicyclic) bond motifs is 1. The molecule has 0 saturated heterocycles. The molecule has 0 radical (unpaired) electrons. The van der Waals surface area contributed by atoms with Gasteiger partial charge in [-0.05, 0) is 75.4 Å². The maximum atomic E-state index is 14.0. The van der Waals surface area contributed by atoms with Crippen LogP contribution in [-0.4, -0.2) is 36.0 Å². The van der Waals surface area contributed by atoms with Crippen molar-refractivity contribution in [2.45, 2.75) is 65.0 Å². The Morgan fingerprint density at radius 1 is 0.974 bits per heavy atom. The van der Waals surface area contributed by atoms with E-state index in [2.05, 4.69) is 47.1 Å². The van der Waals surface area contributed by atoms with Crippen LogP contribution in [0.3, 0.4) is 0 Å². The van der Waals surface area contributed by atoms with Gasteiger partial charge in [-0.2, -0.15) is 0 Å². The van der Waals surface area contributed by atoms with Crippen LogP contribution in [0.15, 0.2) is 72.8 Å². The molecule has 3 aromatic rings. The standard InChI is InChI=1S/C32H38N4O3/c1-6-22-10-9-11-24(18-22)33-31(39)34-27-19-26(23-16-14-21(2)15-17-23)25-12-7-8-13-28(25)36(30(27)38)20-29(37)35-32(3,4)5/h7-18,26-27H,6,19-20H2,1-5H3,(H,35,37)(H2,33,34,39). The third-order valence-corrected chi connectivity index (χ3v) is 6.83. The summed E-state index contributed by atoms with van der Waals surface area (Å²) in [6.07, 6.45) is 1.21. The van der Waals surface area contributed by atoms with Crippen LogP contribution in [0.2, 0.25) is 0 Å². The average Bonchev–Trinajstić information content (AvgIpc) is 2.99. The summed E-state index contributed by atoms with van der Waals surface area (Å²) in [5.74, 6) is -0.743. The molecule has 2 unspecified atom stereocenters. The summed E-state index contributed by atoms with van der Waals surface area (Å²) in [6.45, 7) is 9.64. The van der Waals surface area contributed by atoms with Gasteiger partial charge in [0.1, 0.15) is 12.6 Å². The van der Waals surface area contributed by atoms with E-state index in [9.17, 15) is 14.4 Å². The molecule has 0 fully saturated rings. The van der Waals surface area contributed by atoms with Crippen molar-refractivity contribution in [3.8, 4) is 0 Å². The molecule has 4 rings (SSSR count). The van der Waals surface area contributed by atoms with E-state index in [0.717, 1.165) is 28.7 Å². The summed E-state index contributed by atoms with van der Waals surface area (Å²) in [4.78, 5) is 41.7. The smallest absolute Gasteiger partial charge is 0.319 e. The largest absolute Gasteiger partial charge is 0.350 e. The van der Waals surface area contributed by atoms with Gasteiger partial charge < -0.3 is 20.9 Å². The Bertz CT molecular complexity index is 1340. The molecule has 0 saturated carbocycles. The molecule has 1 heterocycles. The number of rotatable bonds is 6. The lowest BCUT2D eigenvalue weighted by atomic mass is 9.86. The number of urea groups is 1. The normalized spacial score (nSPS) is 17.2. The van der Waals surface area contributed by atoms with Crippen molar-refractivity contribution in [1.29, 1.82) is 0 Å². The molecular formula is C32H38N4O3. The second-order valence-corrected chi connectivity index (χ2v) is 11.2. The van der Waals surface area contributed by atoms with Crippen molar-refractivity contribution in [3.63, 3.8) is 0 Å². The van der Waals surface area contributed by atoms with Crippen LogP contribution in [0.5, 0.6) is 0 Å². The van der Waals surface area contributed by atoms with E-state index in [4.69, 9.17) is 0 Å². The van der Waals surface area contributed by atoms with Crippen LogP contribution in [0.1, 0.15) is 62.3 Å². The Hall–Kier alpha value is -4.13. The number of amides is 4. The second kappa shape index (κ2) is 11.7. The summed E-state index contributed by atoms with van der Waals surface area (Å²) in [5.41, 5.74) is 5.12. The summed E-state index contributed by atoms with van der Waals surface area (Å²) in [5, 5.41) is 8.75. The molecule has 3 aromatic carbocycles. The van der Waals surface area contributed by atoms with E-state index in [1.54, 1.807) is 0 Å². The molecule has 3 N–H and O–H groups in total. The highest BCUT2D eigenvalue weighted by Crippen LogP contribution is 2.39. The fourth-order valence-electron chi connectivity index (χ4n) is 4.99. The molecule has 0 bridgehead atoms. The Balaban J connectivity index is 1.69. The quantitative estimate of drug-likeness (QED) is 0.394. The maximum absolute atomic E-state index is 14.0. The van der Waals surface area contributed by atoms with E-state index in [-0.39, 0.29) is 24.3 Å². The fraction of sp³-hybridized carbons (Fsp3) is 0.344. The predicted molar refractivity (Wildman–Crippen MR) is 156 cm³/mol. The Morgan fingerprint density at radius 3 is 2.38 bits per heavy atom. The highest BCUT2D eigenvalue weighted by molar-refractivity contribution is 6.05. The van der Waals surface area contributed by atoms with Crippen LogP contribution >= 0.6 is 0 Å². The minimum atomic E-state index is -0.847. The molecule has 7 heteroatoms. The van der Waals surface area contributed by atoms with Gasteiger partial charge in [-0.25, -0.2) is 4.79 Å². The molecule has 1 aliphatic rings. The van der Waals surface area contributed by atoms with Gasteiger partial charge in [0.2, 0.25) is 11.8 Å². The SMILES string of the molecule is CCc1cccc(NC(=O)NC2CC(c3ccc(C)cc3)c3ccccc3N(CC(=O)NC(C)(C)C)C2=O)c1. The van der Waals surface area contributed by atoms with Gasteiger partial charge in [0, 0.05) is 22.8 Å². The van der Waals surface area contributed by atoms with Crippen molar-refractivity contribution in [2.24, 2.45) is 0 Å². The summed E-state index contributed by atoms with van der Waals surface area (Å²) >= 11 is 0. The van der Waals surface area contributed by atoms with E-state index in [1.807, 2.05) is 76.2 Å². The number of nitrogens with one attached hydrogen (secondary N) is 3. The second-order valence-electron chi connectivity index (χ2n) is 11.2. The van der Waals surface area contributed by atoms with Crippen molar-refractivity contribution >= 4 is 29.2 Å². The molecule has 39 heavy (non-hydrogen) atoms. The number of nitrogens with zero attached hydrogens (tertiary/aromatic N) is 1. The van der Waals surface area contributed by atoms with Gasteiger partial charge in [-0.1, -0.05) is 67.1 Å². The zero-order valence-corrected chi connectivity index (χ0v) is 23.4. The van der Waals surface area contributed by atoms with Crippen LogP contribution < -0.4 is 20.9 Å². The van der Waals surface area contributed by atoms with Gasteiger partial charge >= 0.3 is 6.03 Å². The van der Waals surface area contributed by atoms with Gasteiger partial charge in [0.15, 0.2) is 0 Å². The summed E-state index contributed by atoms with van der Waals surface area (Å²) < 4.78 is 0. The lowest BCUT2D eigenvalue weighted by molar-refractivity contribution is -0.125. The number of para-hydroxylation sites is 1. The number of benzene rings is 3. The minimum Gasteiger partial charge on any atom is -0.350 e. The van der Waals surface area contributed by atoms with E-state index >= 15 is 0 Å². The van der Waals surface area contributed by atoms with Crippen LogP contribution in [0.4, 0.5) is 16.2 Å². The maximum Gasteiger partial charge on any atom is 0.319 e. The summed E-state index contributed by atoms with van der Waals surface area (Å²) in [7, 11) is 0. The van der Waals surface area contributed by atoms with Gasteiger partial charge in [0.05, 0.1) is 0 Å². The molecule has 1 aliphatic heterocycles. The van der Waals surface area contributed by atoms with Crippen LogP contribution in [0, 0.1) is 6.92 Å². The van der Waals surface area contributed by atoms with Gasteiger partial charge in [-0.15, -0.1) is 0 Å². The molecular weight excluding hydrogens is 488 g/mol. The van der Waals surface area contributed by atoms with Crippen LogP contribution in [0.25, 0.3) is 0 Å². The number of hydrogen-bond acceptors (Lipinski definition) is 3. The molecule has 2 atom stereocenters. The number of carbonyl (C=O) groups is 3. The highest BCUT2D eigenvalue weighted by atomic mass is 16.2. The first kappa shape index (κ1) is 27.9. The molecule has 204 valence electrons. The third-order valence-electron chi connectivity index (χ3n) is 6.83. The third kappa shape index (κ3) is 7.05. The van der Waals surface area contributed by atoms with E-state index < -0.39 is 17.6 Å². The molecule has 0 spiro atoms. The Labute approximate surface area is 231 Å². The molecule has 0 aliphatic carbocycles. The number of anilines is 2. The van der Waals surface area contributed by atoms with Crippen molar-refractivity contribution in [3.05, 3.63) is 95.1 Å². The first-order chi connectivity index (χ1) is 18.5. The van der Waals surface area contributed by atoms with Crippen LogP contribution in [-0.2, 0) is 16.0 Å². The highest BCUT2D eigenvalue weighted by Gasteiger charge is 2.37. The monoisotopic (exact) mass is 526 g/mol. The zero-order valence-electron chi connectivity index (χ0n) is 23.4. The molecule has 7 nitrogen and oxygen atoms in total. The van der Waals surface area contributed by atoms with Crippen molar-refractivity contribution < 1.29 is 14.4 Å². The molecule has 0 aromatic heterocycles.